The number of phenolic OH excluding ortho intramolecular Hbond substituents is 1. The van der Waals surface area contributed by atoms with E-state index in [1.165, 1.54) is 0 Å². The molecule has 0 saturated carbocycles. The Kier molecular flexibility index (Phi) is 7.28. The zero-order chi connectivity index (χ0) is 33.0. The summed E-state index contributed by atoms with van der Waals surface area (Å²) in [5.41, 5.74) is 3.38. The first kappa shape index (κ1) is 30.1. The van der Waals surface area contributed by atoms with Crippen molar-refractivity contribution in [2.45, 2.75) is 32.3 Å². The quantitative estimate of drug-likeness (QED) is 0.139. The first-order chi connectivity index (χ1) is 22.5. The average molecular weight is 652 g/mol. The van der Waals surface area contributed by atoms with Crippen molar-refractivity contribution >= 4 is 79.3 Å². The molecule has 4 N–H and O–H groups in total. The number of hydrogen-bond donors (Lipinski definition) is 4. The van der Waals surface area contributed by atoms with E-state index in [0.717, 1.165) is 10.9 Å². The van der Waals surface area contributed by atoms with Gasteiger partial charge in [-0.3, -0.25) is 14.9 Å². The molecule has 6 aromatic rings. The fourth-order valence-corrected chi connectivity index (χ4v) is 6.16. The van der Waals surface area contributed by atoms with E-state index in [4.69, 9.17) is 20.8 Å². The lowest BCUT2D eigenvalue weighted by Gasteiger charge is -2.19. The van der Waals surface area contributed by atoms with Crippen LogP contribution in [0.25, 0.3) is 32.8 Å². The Hall–Kier alpha value is -5.55. The summed E-state index contributed by atoms with van der Waals surface area (Å²) < 4.78 is 11.0. The van der Waals surface area contributed by atoms with Crippen LogP contribution in [0.2, 0.25) is 0 Å². The number of hydrogen-bond acceptors (Lipinski definition) is 7. The highest BCUT2D eigenvalue weighted by Crippen LogP contribution is 2.45. The van der Waals surface area contributed by atoms with E-state index < -0.39 is 17.6 Å². The van der Waals surface area contributed by atoms with Crippen molar-refractivity contribution in [1.29, 1.82) is 0 Å². The first-order valence-corrected chi connectivity index (χ1v) is 15.5. The zero-order valence-electron chi connectivity index (χ0n) is 25.7. The second kappa shape index (κ2) is 11.4. The van der Waals surface area contributed by atoms with Crippen LogP contribution in [0.1, 0.15) is 53.4 Å². The fourth-order valence-electron chi connectivity index (χ4n) is 5.90. The van der Waals surface area contributed by atoms with Gasteiger partial charge in [0, 0.05) is 46.6 Å². The number of phenols is 1. The maximum absolute atomic E-state index is 13.8. The van der Waals surface area contributed by atoms with Gasteiger partial charge in [-0.15, -0.1) is 11.6 Å². The van der Waals surface area contributed by atoms with Crippen molar-refractivity contribution in [3.63, 3.8) is 0 Å². The van der Waals surface area contributed by atoms with Crippen LogP contribution in [-0.2, 0) is 4.74 Å². The van der Waals surface area contributed by atoms with Crippen molar-refractivity contribution in [1.82, 2.24) is 9.97 Å². The SMILES string of the molecule is CC(C)(C)OC(=O)Nc1ccc2oc(C(=O)Nc3ccc4[nH]c(C(=O)N5C[C@@H](CCl)c6c5cc(O)c5ccccc65)nc4c3)cc2c1. The number of halogens is 1. The maximum Gasteiger partial charge on any atom is 0.412 e. The summed E-state index contributed by atoms with van der Waals surface area (Å²) in [5.74, 6) is -0.377. The summed E-state index contributed by atoms with van der Waals surface area (Å²) in [4.78, 5) is 48.2. The maximum atomic E-state index is 13.8. The van der Waals surface area contributed by atoms with Gasteiger partial charge in [-0.2, -0.15) is 0 Å². The lowest BCUT2D eigenvalue weighted by molar-refractivity contribution is 0.0635. The topological polar surface area (TPSA) is 150 Å². The highest BCUT2D eigenvalue weighted by molar-refractivity contribution is 6.19. The minimum atomic E-state index is -0.639. The fraction of sp³-hybridized carbons (Fsp3) is 0.200. The van der Waals surface area contributed by atoms with Crippen molar-refractivity contribution in [3.05, 3.63) is 89.9 Å². The number of carbonyl (C=O) groups excluding carboxylic acids is 3. The van der Waals surface area contributed by atoms with Crippen molar-refractivity contribution < 1.29 is 28.6 Å². The minimum absolute atomic E-state index is 0.0738. The monoisotopic (exact) mass is 651 g/mol. The van der Waals surface area contributed by atoms with E-state index in [2.05, 4.69) is 20.6 Å². The molecule has 3 amide bonds. The predicted octanol–water partition coefficient (Wildman–Crippen LogP) is 7.75. The smallest absolute Gasteiger partial charge is 0.412 e. The van der Waals surface area contributed by atoms with Gasteiger partial charge in [-0.25, -0.2) is 9.78 Å². The molecule has 3 heterocycles. The first-order valence-electron chi connectivity index (χ1n) is 14.9. The number of fused-ring (bicyclic) bond motifs is 5. The van der Waals surface area contributed by atoms with Crippen molar-refractivity contribution in [2.75, 3.05) is 28.0 Å². The number of amides is 3. The van der Waals surface area contributed by atoms with Gasteiger partial charge in [-0.1, -0.05) is 24.3 Å². The Morgan fingerprint density at radius 3 is 2.53 bits per heavy atom. The third-order valence-corrected chi connectivity index (χ3v) is 8.28. The lowest BCUT2D eigenvalue weighted by Crippen LogP contribution is -2.30. The molecule has 11 nitrogen and oxygen atoms in total. The van der Waals surface area contributed by atoms with Gasteiger partial charge in [0.2, 0.25) is 0 Å². The van der Waals surface area contributed by atoms with Gasteiger partial charge in [0.15, 0.2) is 11.6 Å². The summed E-state index contributed by atoms with van der Waals surface area (Å²) in [7, 11) is 0. The molecule has 238 valence electrons. The standard InChI is InChI=1S/C35H30ClN5O6/c1-35(2,3)47-34(45)38-20-9-11-28-18(12-20)13-29(46-28)32(43)37-21-8-10-24-25(14-21)40-31(39-24)33(44)41-17-19(16-36)30-23-7-5-4-6-22(23)27(42)15-26(30)41/h4-15,19,42H,16-17H2,1-3H3,(H,37,43)(H,38,45)(H,39,40)/t19-/m1/s1. The number of nitrogens with zero attached hydrogens (tertiary/aromatic N) is 2. The molecule has 47 heavy (non-hydrogen) atoms. The Labute approximate surface area is 273 Å². The molecule has 0 spiro atoms. The van der Waals surface area contributed by atoms with Crippen LogP contribution in [0.15, 0.2) is 77.2 Å². The van der Waals surface area contributed by atoms with E-state index >= 15 is 0 Å². The van der Waals surface area contributed by atoms with Crippen molar-refractivity contribution in [2.24, 2.45) is 0 Å². The number of alkyl halides is 1. The van der Waals surface area contributed by atoms with Crippen LogP contribution in [-0.4, -0.2) is 51.0 Å². The molecule has 1 atom stereocenters. The number of ether oxygens (including phenoxy) is 1. The van der Waals surface area contributed by atoms with Crippen LogP contribution in [0.3, 0.4) is 0 Å². The number of carbonyl (C=O) groups is 3. The summed E-state index contributed by atoms with van der Waals surface area (Å²) in [6.45, 7) is 5.68. The van der Waals surface area contributed by atoms with E-state index in [1.54, 1.807) is 74.2 Å². The number of imidazole rings is 1. The van der Waals surface area contributed by atoms with Gasteiger partial charge in [0.25, 0.3) is 11.8 Å². The van der Waals surface area contributed by atoms with E-state index in [0.29, 0.717) is 56.9 Å². The highest BCUT2D eigenvalue weighted by atomic mass is 35.5. The van der Waals surface area contributed by atoms with Crippen LogP contribution < -0.4 is 15.5 Å². The van der Waals surface area contributed by atoms with Crippen LogP contribution in [0.5, 0.6) is 5.75 Å². The molecule has 0 unspecified atom stereocenters. The molecule has 4 aromatic carbocycles. The van der Waals surface area contributed by atoms with E-state index in [9.17, 15) is 19.5 Å². The van der Waals surface area contributed by atoms with Crippen LogP contribution >= 0.6 is 11.6 Å². The highest BCUT2D eigenvalue weighted by Gasteiger charge is 2.36. The molecule has 1 aliphatic rings. The number of H-pyrrole nitrogens is 1. The van der Waals surface area contributed by atoms with Gasteiger partial charge < -0.3 is 29.5 Å². The summed E-state index contributed by atoms with van der Waals surface area (Å²) in [5, 5.41) is 18.4. The van der Waals surface area contributed by atoms with Gasteiger partial charge in [0.05, 0.1) is 16.7 Å². The number of nitrogens with one attached hydrogen (secondary N) is 3. The number of rotatable bonds is 5. The Morgan fingerprint density at radius 1 is 1.02 bits per heavy atom. The Bertz CT molecular complexity index is 2230. The molecule has 0 bridgehead atoms. The molecule has 2 aromatic heterocycles. The zero-order valence-corrected chi connectivity index (χ0v) is 26.4. The third-order valence-electron chi connectivity index (χ3n) is 7.90. The second-order valence-electron chi connectivity index (χ2n) is 12.4. The molecule has 1 aliphatic heterocycles. The van der Waals surface area contributed by atoms with Crippen LogP contribution in [0.4, 0.5) is 21.9 Å². The van der Waals surface area contributed by atoms with Gasteiger partial charge in [-0.05, 0) is 74.2 Å². The summed E-state index contributed by atoms with van der Waals surface area (Å²) >= 11 is 6.34. The Balaban J connectivity index is 1.10. The van der Waals surface area contributed by atoms with E-state index in [1.807, 2.05) is 24.3 Å². The molecular formula is C35H30ClN5O6. The molecule has 0 saturated heterocycles. The largest absolute Gasteiger partial charge is 0.507 e. The van der Waals surface area contributed by atoms with Crippen LogP contribution in [0, 0.1) is 0 Å². The number of aromatic nitrogens is 2. The normalized spacial score (nSPS) is 14.5. The molecule has 0 radical (unpaired) electrons. The number of aromatic amines is 1. The minimum Gasteiger partial charge on any atom is -0.507 e. The predicted molar refractivity (Wildman–Crippen MR) is 181 cm³/mol. The number of anilines is 3. The summed E-state index contributed by atoms with van der Waals surface area (Å²) in [6, 6.07) is 20.8. The number of furan rings is 1. The van der Waals surface area contributed by atoms with Gasteiger partial charge >= 0.3 is 6.09 Å². The summed E-state index contributed by atoms with van der Waals surface area (Å²) in [6.07, 6.45) is -0.588. The average Bonchev–Trinajstić information content (AvgIpc) is 3.74. The lowest BCUT2D eigenvalue weighted by atomic mass is 9.95. The van der Waals surface area contributed by atoms with Gasteiger partial charge in [0.1, 0.15) is 16.9 Å². The molecular weight excluding hydrogens is 622 g/mol. The third kappa shape index (κ3) is 5.70. The van der Waals surface area contributed by atoms with Crippen molar-refractivity contribution in [3.8, 4) is 5.75 Å². The second-order valence-corrected chi connectivity index (χ2v) is 12.7. The van der Waals surface area contributed by atoms with E-state index in [-0.39, 0.29) is 29.2 Å². The molecule has 12 heteroatoms. The molecule has 0 aliphatic carbocycles. The molecule has 7 rings (SSSR count). The number of benzene rings is 4. The number of aromatic hydroxyl groups is 1. The Morgan fingerprint density at radius 2 is 1.77 bits per heavy atom. The molecule has 0 fully saturated rings.